The van der Waals surface area contributed by atoms with Crippen molar-refractivity contribution < 1.29 is 22.7 Å². The molecule has 0 heterocycles. The molecule has 0 aliphatic heterocycles. The molecule has 8 nitrogen and oxygen atoms in total. The van der Waals surface area contributed by atoms with Crippen LogP contribution in [-0.2, 0) is 26.2 Å². The van der Waals surface area contributed by atoms with E-state index in [-0.39, 0.29) is 31.3 Å². The van der Waals surface area contributed by atoms with E-state index in [9.17, 15) is 18.0 Å². The Kier molecular flexibility index (Phi) is 10.6. The van der Waals surface area contributed by atoms with Crippen molar-refractivity contribution in [1.82, 2.24) is 10.2 Å². The van der Waals surface area contributed by atoms with Crippen LogP contribution in [-0.4, -0.2) is 57.6 Å². The minimum absolute atomic E-state index is 0.104. The Morgan fingerprint density at radius 2 is 1.83 bits per heavy atom. The number of hydrogen-bond donors (Lipinski definition) is 1. The summed E-state index contributed by atoms with van der Waals surface area (Å²) in [5.74, 6) is 0.228. The van der Waals surface area contributed by atoms with Crippen molar-refractivity contribution in [3.63, 3.8) is 0 Å². The molecule has 1 atom stereocenters. The van der Waals surface area contributed by atoms with Crippen LogP contribution in [0.5, 0.6) is 5.75 Å². The number of nitrogens with zero attached hydrogens (tertiary/aromatic N) is 2. The quantitative estimate of drug-likeness (QED) is 0.451. The zero-order chi connectivity index (χ0) is 26.0. The number of ether oxygens (including phenoxy) is 1. The van der Waals surface area contributed by atoms with Gasteiger partial charge in [-0.25, -0.2) is 8.42 Å². The Morgan fingerprint density at radius 3 is 2.46 bits per heavy atom. The molecule has 0 bridgehead atoms. The van der Waals surface area contributed by atoms with Crippen molar-refractivity contribution in [3.8, 4) is 5.75 Å². The van der Waals surface area contributed by atoms with Crippen molar-refractivity contribution in [2.75, 3.05) is 30.8 Å². The number of para-hydroxylation sites is 1. The Labute approximate surface area is 209 Å². The number of nitrogens with one attached hydrogen (secondary N) is 1. The zero-order valence-corrected chi connectivity index (χ0v) is 22.1. The van der Waals surface area contributed by atoms with Gasteiger partial charge in [0.2, 0.25) is 21.8 Å². The largest absolute Gasteiger partial charge is 0.497 e. The molecular weight excluding hydrogens is 466 g/mol. The predicted molar refractivity (Wildman–Crippen MR) is 139 cm³/mol. The molecule has 0 radical (unpaired) electrons. The third-order valence-corrected chi connectivity index (χ3v) is 6.92. The van der Waals surface area contributed by atoms with Crippen LogP contribution < -0.4 is 14.4 Å². The number of methoxy groups -OCH3 is 1. The van der Waals surface area contributed by atoms with Gasteiger partial charge in [-0.1, -0.05) is 37.3 Å². The third-order valence-electron chi connectivity index (χ3n) is 5.74. The number of carbonyl (C=O) groups excluding carboxylic acids is 2. The van der Waals surface area contributed by atoms with Crippen molar-refractivity contribution in [2.45, 2.75) is 52.6 Å². The Bertz CT molecular complexity index is 1100. The lowest BCUT2D eigenvalue weighted by Crippen LogP contribution is -2.47. The van der Waals surface area contributed by atoms with E-state index in [1.54, 1.807) is 26.2 Å². The normalized spacial score (nSPS) is 12.0. The standard InChI is InChI=1S/C26H37N3O5S/c1-6-16-27-26(31)21(3)28(19-22-12-9-13-23(18-22)34-4)25(30)15-10-17-29(35(5,32)33)24-14-8-7-11-20(24)2/h7-9,11-14,18,21H,6,10,15-17,19H2,1-5H3,(H,27,31). The molecule has 0 aliphatic rings. The fraction of sp³-hybridized carbons (Fsp3) is 0.462. The number of amides is 2. The lowest BCUT2D eigenvalue weighted by Gasteiger charge is -2.29. The number of sulfonamides is 1. The molecule has 192 valence electrons. The number of rotatable bonds is 13. The van der Waals surface area contributed by atoms with Crippen molar-refractivity contribution >= 4 is 27.5 Å². The lowest BCUT2D eigenvalue weighted by molar-refractivity contribution is -0.140. The van der Waals surface area contributed by atoms with Gasteiger partial charge in [0, 0.05) is 26.1 Å². The summed E-state index contributed by atoms with van der Waals surface area (Å²) in [6.07, 6.45) is 2.38. The SMILES string of the molecule is CCCNC(=O)C(C)N(Cc1cccc(OC)c1)C(=O)CCCN(c1ccccc1C)S(C)(=O)=O. The molecule has 2 rings (SSSR count). The first-order valence-corrected chi connectivity index (χ1v) is 13.7. The molecule has 9 heteroatoms. The molecule has 0 aromatic heterocycles. The van der Waals surface area contributed by atoms with Gasteiger partial charge in [0.15, 0.2) is 0 Å². The van der Waals surface area contributed by atoms with Crippen LogP contribution in [0.1, 0.15) is 44.2 Å². The number of carbonyl (C=O) groups is 2. The van der Waals surface area contributed by atoms with E-state index in [1.165, 1.54) is 9.21 Å². The molecule has 1 unspecified atom stereocenters. The van der Waals surface area contributed by atoms with E-state index in [0.29, 0.717) is 24.4 Å². The van der Waals surface area contributed by atoms with E-state index in [1.807, 2.05) is 50.2 Å². The van der Waals surface area contributed by atoms with Crippen molar-refractivity contribution in [1.29, 1.82) is 0 Å². The van der Waals surface area contributed by atoms with Gasteiger partial charge in [-0.2, -0.15) is 0 Å². The molecule has 0 fully saturated rings. The first-order valence-electron chi connectivity index (χ1n) is 11.8. The fourth-order valence-electron chi connectivity index (χ4n) is 3.77. The van der Waals surface area contributed by atoms with Crippen LogP contribution >= 0.6 is 0 Å². The molecule has 2 aromatic carbocycles. The first kappa shape index (κ1) is 28.2. The van der Waals surface area contributed by atoms with Crippen LogP contribution in [0.2, 0.25) is 0 Å². The van der Waals surface area contributed by atoms with Gasteiger partial charge in [-0.15, -0.1) is 0 Å². The van der Waals surface area contributed by atoms with Crippen LogP contribution in [0.4, 0.5) is 5.69 Å². The fourth-order valence-corrected chi connectivity index (χ4v) is 4.79. The molecule has 0 aliphatic carbocycles. The molecule has 0 saturated heterocycles. The van der Waals surface area contributed by atoms with Crippen molar-refractivity contribution in [2.24, 2.45) is 0 Å². The third kappa shape index (κ3) is 8.28. The van der Waals surface area contributed by atoms with E-state index >= 15 is 0 Å². The van der Waals surface area contributed by atoms with Gasteiger partial charge in [-0.3, -0.25) is 13.9 Å². The van der Waals surface area contributed by atoms with Gasteiger partial charge < -0.3 is 15.0 Å². The molecular formula is C26H37N3O5S. The summed E-state index contributed by atoms with van der Waals surface area (Å²) in [6, 6.07) is 13.9. The Hall–Kier alpha value is -3.07. The van der Waals surface area contributed by atoms with Gasteiger partial charge in [0.1, 0.15) is 11.8 Å². The summed E-state index contributed by atoms with van der Waals surface area (Å²) < 4.78 is 31.5. The minimum Gasteiger partial charge on any atom is -0.497 e. The summed E-state index contributed by atoms with van der Waals surface area (Å²) in [5.41, 5.74) is 2.28. The van der Waals surface area contributed by atoms with Crippen molar-refractivity contribution in [3.05, 3.63) is 59.7 Å². The summed E-state index contributed by atoms with van der Waals surface area (Å²) >= 11 is 0. The molecule has 1 N–H and O–H groups in total. The number of benzene rings is 2. The molecule has 2 amide bonds. The zero-order valence-electron chi connectivity index (χ0n) is 21.3. The Balaban J connectivity index is 2.18. The van der Waals surface area contributed by atoms with E-state index in [4.69, 9.17) is 4.74 Å². The number of anilines is 1. The Morgan fingerprint density at radius 1 is 1.11 bits per heavy atom. The maximum absolute atomic E-state index is 13.3. The summed E-state index contributed by atoms with van der Waals surface area (Å²) in [7, 11) is -1.95. The van der Waals surface area contributed by atoms with Crippen LogP contribution in [0.25, 0.3) is 0 Å². The lowest BCUT2D eigenvalue weighted by atomic mass is 10.1. The maximum atomic E-state index is 13.3. The summed E-state index contributed by atoms with van der Waals surface area (Å²) in [4.78, 5) is 27.5. The van der Waals surface area contributed by atoms with Gasteiger partial charge in [-0.05, 0) is 56.0 Å². The van der Waals surface area contributed by atoms with E-state index < -0.39 is 16.1 Å². The molecule has 35 heavy (non-hydrogen) atoms. The number of hydrogen-bond acceptors (Lipinski definition) is 5. The van der Waals surface area contributed by atoms with Crippen LogP contribution in [0, 0.1) is 6.92 Å². The highest BCUT2D eigenvalue weighted by molar-refractivity contribution is 7.92. The second-order valence-corrected chi connectivity index (χ2v) is 10.5. The smallest absolute Gasteiger partial charge is 0.242 e. The maximum Gasteiger partial charge on any atom is 0.242 e. The molecule has 0 saturated carbocycles. The van der Waals surface area contributed by atoms with E-state index in [2.05, 4.69) is 5.32 Å². The second kappa shape index (κ2) is 13.1. The highest BCUT2D eigenvalue weighted by Crippen LogP contribution is 2.23. The topological polar surface area (TPSA) is 96.0 Å². The van der Waals surface area contributed by atoms with Crippen LogP contribution in [0.3, 0.4) is 0 Å². The first-order chi connectivity index (χ1) is 16.6. The summed E-state index contributed by atoms with van der Waals surface area (Å²) in [6.45, 7) is 6.46. The van der Waals surface area contributed by atoms with Gasteiger partial charge in [0.25, 0.3) is 0 Å². The van der Waals surface area contributed by atoms with Crippen LogP contribution in [0.15, 0.2) is 48.5 Å². The minimum atomic E-state index is -3.52. The second-order valence-electron chi connectivity index (χ2n) is 8.57. The molecule has 2 aromatic rings. The van der Waals surface area contributed by atoms with E-state index in [0.717, 1.165) is 23.8 Å². The predicted octanol–water partition coefficient (Wildman–Crippen LogP) is 3.49. The highest BCUT2D eigenvalue weighted by atomic mass is 32.2. The van der Waals surface area contributed by atoms with Gasteiger partial charge >= 0.3 is 0 Å². The summed E-state index contributed by atoms with van der Waals surface area (Å²) in [5, 5.41) is 2.85. The average molecular weight is 504 g/mol. The molecule has 0 spiro atoms. The number of aryl methyl sites for hydroxylation is 1. The average Bonchev–Trinajstić information content (AvgIpc) is 2.83. The van der Waals surface area contributed by atoms with Gasteiger partial charge in [0.05, 0.1) is 19.1 Å². The highest BCUT2D eigenvalue weighted by Gasteiger charge is 2.26. The monoisotopic (exact) mass is 503 g/mol.